The Hall–Kier alpha value is -2.38. The molecule has 0 fully saturated rings. The van der Waals surface area contributed by atoms with Gasteiger partial charge in [-0.3, -0.25) is 4.40 Å². The molecule has 5 nitrogen and oxygen atoms in total. The number of fused-ring (bicyclic) bond motifs is 1. The lowest BCUT2D eigenvalue weighted by atomic mass is 10.1. The zero-order valence-electron chi connectivity index (χ0n) is 13.2. The number of imidazole rings is 1. The molecule has 1 aromatic carbocycles. The van der Waals surface area contributed by atoms with Gasteiger partial charge in [0.2, 0.25) is 0 Å². The maximum absolute atomic E-state index is 4.82. The quantitative estimate of drug-likeness (QED) is 0.438. The second-order valence-corrected chi connectivity index (χ2v) is 6.77. The Labute approximate surface area is 147 Å². The molecule has 0 bridgehead atoms. The van der Waals surface area contributed by atoms with Crippen LogP contribution in [0.25, 0.3) is 27.6 Å². The minimum Gasteiger partial charge on any atom is -0.388 e. The summed E-state index contributed by atoms with van der Waals surface area (Å²) < 4.78 is 2.10. The molecular formula is C17H15N5S2. The third-order valence-corrected chi connectivity index (χ3v) is 5.09. The standard InChI is InChI=1S/C17H15N5S2/c1-18-12-5-3-11(4-6-12)14-15(22-9-10-24-17(22)21-14)13-7-8-19-16(20-13)23-2/h3-10,18H,1-2H3. The highest BCUT2D eigenvalue weighted by atomic mass is 32.2. The minimum atomic E-state index is 0.758. The first-order chi connectivity index (χ1) is 11.8. The van der Waals surface area contributed by atoms with Crippen LogP contribution < -0.4 is 5.32 Å². The van der Waals surface area contributed by atoms with Gasteiger partial charge in [0, 0.05) is 36.1 Å². The molecule has 4 rings (SSSR count). The minimum absolute atomic E-state index is 0.758. The molecule has 3 aromatic heterocycles. The Morgan fingerprint density at radius 2 is 1.96 bits per heavy atom. The molecule has 24 heavy (non-hydrogen) atoms. The van der Waals surface area contributed by atoms with Crippen LogP contribution in [0.15, 0.2) is 53.3 Å². The normalized spacial score (nSPS) is 11.1. The van der Waals surface area contributed by atoms with Crippen molar-refractivity contribution in [1.29, 1.82) is 0 Å². The predicted octanol–water partition coefficient (Wildman–Crippen LogP) is 4.28. The first-order valence-electron chi connectivity index (χ1n) is 7.41. The highest BCUT2D eigenvalue weighted by Gasteiger charge is 2.18. The lowest BCUT2D eigenvalue weighted by molar-refractivity contribution is 0.969. The lowest BCUT2D eigenvalue weighted by Gasteiger charge is -2.06. The van der Waals surface area contributed by atoms with E-state index in [-0.39, 0.29) is 0 Å². The molecule has 0 saturated heterocycles. The highest BCUT2D eigenvalue weighted by molar-refractivity contribution is 7.98. The number of thioether (sulfide) groups is 1. The number of nitrogens with zero attached hydrogens (tertiary/aromatic N) is 4. The molecule has 0 aliphatic carbocycles. The van der Waals surface area contributed by atoms with Crippen molar-refractivity contribution in [3.8, 4) is 22.6 Å². The van der Waals surface area contributed by atoms with E-state index in [1.165, 1.54) is 11.8 Å². The number of aromatic nitrogens is 4. The van der Waals surface area contributed by atoms with E-state index in [2.05, 4.69) is 44.0 Å². The molecule has 3 heterocycles. The molecule has 0 spiro atoms. The monoisotopic (exact) mass is 353 g/mol. The topological polar surface area (TPSA) is 55.1 Å². The zero-order valence-corrected chi connectivity index (χ0v) is 14.9. The van der Waals surface area contributed by atoms with Crippen LogP contribution in [-0.2, 0) is 0 Å². The molecule has 1 N–H and O–H groups in total. The maximum Gasteiger partial charge on any atom is 0.194 e. The van der Waals surface area contributed by atoms with Gasteiger partial charge in [0.15, 0.2) is 10.1 Å². The van der Waals surface area contributed by atoms with Gasteiger partial charge in [-0.2, -0.15) is 0 Å². The summed E-state index contributed by atoms with van der Waals surface area (Å²) in [6.07, 6.45) is 5.82. The number of hydrogen-bond acceptors (Lipinski definition) is 6. The Kier molecular flexibility index (Phi) is 3.95. The SMILES string of the molecule is CNc1ccc(-c2nc3sccn3c2-c2ccnc(SC)n2)cc1. The number of benzene rings is 1. The molecule has 120 valence electrons. The van der Waals surface area contributed by atoms with Crippen molar-refractivity contribution in [3.05, 3.63) is 48.1 Å². The summed E-state index contributed by atoms with van der Waals surface area (Å²) in [7, 11) is 1.91. The Bertz CT molecular complexity index is 988. The third-order valence-electron chi connectivity index (χ3n) is 3.77. The highest BCUT2D eigenvalue weighted by Crippen LogP contribution is 2.34. The van der Waals surface area contributed by atoms with Crippen LogP contribution in [0.2, 0.25) is 0 Å². The van der Waals surface area contributed by atoms with Gasteiger partial charge >= 0.3 is 0 Å². The van der Waals surface area contributed by atoms with E-state index in [1.54, 1.807) is 17.5 Å². The van der Waals surface area contributed by atoms with Gasteiger partial charge in [-0.1, -0.05) is 23.9 Å². The van der Waals surface area contributed by atoms with Crippen molar-refractivity contribution in [2.24, 2.45) is 0 Å². The van der Waals surface area contributed by atoms with Crippen molar-refractivity contribution < 1.29 is 0 Å². The summed E-state index contributed by atoms with van der Waals surface area (Å²) in [6.45, 7) is 0. The fourth-order valence-electron chi connectivity index (χ4n) is 2.60. The molecule has 0 amide bonds. The van der Waals surface area contributed by atoms with Crippen molar-refractivity contribution in [1.82, 2.24) is 19.4 Å². The van der Waals surface area contributed by atoms with Crippen molar-refractivity contribution in [3.63, 3.8) is 0 Å². The number of anilines is 1. The third kappa shape index (κ3) is 2.55. The number of nitrogens with one attached hydrogen (secondary N) is 1. The number of thiazole rings is 1. The Balaban J connectivity index is 1.93. The molecule has 0 atom stereocenters. The fraction of sp³-hybridized carbons (Fsp3) is 0.118. The van der Waals surface area contributed by atoms with E-state index in [1.807, 2.05) is 30.9 Å². The fourth-order valence-corrected chi connectivity index (χ4v) is 3.67. The van der Waals surface area contributed by atoms with Gasteiger partial charge in [0.05, 0.1) is 11.4 Å². The first kappa shape index (κ1) is 15.2. The van der Waals surface area contributed by atoms with E-state index in [4.69, 9.17) is 4.98 Å². The summed E-state index contributed by atoms with van der Waals surface area (Å²) in [5.41, 5.74) is 4.97. The van der Waals surface area contributed by atoms with Crippen LogP contribution in [-0.4, -0.2) is 32.7 Å². The summed E-state index contributed by atoms with van der Waals surface area (Å²) in [5.74, 6) is 0. The largest absolute Gasteiger partial charge is 0.388 e. The van der Waals surface area contributed by atoms with Gasteiger partial charge in [0.1, 0.15) is 5.69 Å². The molecule has 7 heteroatoms. The van der Waals surface area contributed by atoms with Crippen LogP contribution in [0.1, 0.15) is 0 Å². The Morgan fingerprint density at radius 1 is 1.12 bits per heavy atom. The van der Waals surface area contributed by atoms with Crippen LogP contribution in [0, 0.1) is 0 Å². The maximum atomic E-state index is 4.82. The average Bonchev–Trinajstić information content (AvgIpc) is 3.22. The molecule has 0 radical (unpaired) electrons. The molecule has 0 aliphatic rings. The van der Waals surface area contributed by atoms with Gasteiger partial charge in [-0.05, 0) is 24.5 Å². The van der Waals surface area contributed by atoms with Crippen LogP contribution in [0.3, 0.4) is 0 Å². The van der Waals surface area contributed by atoms with Gasteiger partial charge in [0.25, 0.3) is 0 Å². The first-order valence-corrected chi connectivity index (χ1v) is 9.51. The van der Waals surface area contributed by atoms with E-state index in [0.29, 0.717) is 0 Å². The average molecular weight is 353 g/mol. The Morgan fingerprint density at radius 3 is 2.71 bits per heavy atom. The van der Waals surface area contributed by atoms with E-state index in [9.17, 15) is 0 Å². The summed E-state index contributed by atoms with van der Waals surface area (Å²) in [6, 6.07) is 10.2. The van der Waals surface area contributed by atoms with Crippen LogP contribution in [0.5, 0.6) is 0 Å². The molecular weight excluding hydrogens is 338 g/mol. The lowest BCUT2D eigenvalue weighted by Crippen LogP contribution is -1.94. The van der Waals surface area contributed by atoms with Crippen molar-refractivity contribution in [2.75, 3.05) is 18.6 Å². The second kappa shape index (κ2) is 6.26. The molecule has 0 unspecified atom stereocenters. The molecule has 4 aromatic rings. The molecule has 0 saturated carbocycles. The smallest absolute Gasteiger partial charge is 0.194 e. The zero-order chi connectivity index (χ0) is 16.5. The predicted molar refractivity (Wildman–Crippen MR) is 101 cm³/mol. The van der Waals surface area contributed by atoms with Crippen molar-refractivity contribution in [2.45, 2.75) is 5.16 Å². The molecule has 0 aliphatic heterocycles. The van der Waals surface area contributed by atoms with Gasteiger partial charge < -0.3 is 5.32 Å². The summed E-state index contributed by atoms with van der Waals surface area (Å²) >= 11 is 3.16. The number of rotatable bonds is 4. The van der Waals surface area contributed by atoms with Crippen molar-refractivity contribution >= 4 is 33.7 Å². The number of hydrogen-bond donors (Lipinski definition) is 1. The van der Waals surface area contributed by atoms with Crippen LogP contribution in [0.4, 0.5) is 5.69 Å². The summed E-state index contributed by atoms with van der Waals surface area (Å²) in [5, 5.41) is 5.94. The van der Waals surface area contributed by atoms with Gasteiger partial charge in [-0.15, -0.1) is 11.3 Å². The summed E-state index contributed by atoms with van der Waals surface area (Å²) in [4.78, 5) is 14.7. The van der Waals surface area contributed by atoms with Gasteiger partial charge in [-0.25, -0.2) is 15.0 Å². The van der Waals surface area contributed by atoms with E-state index < -0.39 is 0 Å². The van der Waals surface area contributed by atoms with Crippen LogP contribution >= 0.6 is 23.1 Å². The second-order valence-electron chi connectivity index (χ2n) is 5.12. The van der Waals surface area contributed by atoms with E-state index >= 15 is 0 Å². The van der Waals surface area contributed by atoms with E-state index in [0.717, 1.165) is 38.4 Å².